The van der Waals surface area contributed by atoms with Crippen LogP contribution in [-0.2, 0) is 13.0 Å². The first-order valence-electron chi connectivity index (χ1n) is 11.5. The molecule has 7 heteroatoms. The molecule has 2 aromatic heterocycles. The molecule has 7 nitrogen and oxygen atoms in total. The maximum Gasteiger partial charge on any atom is 0.248 e. The zero-order valence-corrected chi connectivity index (χ0v) is 19.1. The van der Waals surface area contributed by atoms with Gasteiger partial charge in [-0.15, -0.1) is 0 Å². The average Bonchev–Trinajstić information content (AvgIpc) is 3.31. The van der Waals surface area contributed by atoms with Gasteiger partial charge in [-0.3, -0.25) is 9.59 Å². The Hall–Kier alpha value is -4.52. The third kappa shape index (κ3) is 4.36. The number of rotatable bonds is 8. The van der Waals surface area contributed by atoms with Crippen molar-refractivity contribution < 1.29 is 9.59 Å². The Balaban J connectivity index is 1.34. The number of fused-ring (bicyclic) bond motifs is 3. The van der Waals surface area contributed by atoms with Crippen LogP contribution in [-0.4, -0.2) is 26.2 Å². The number of anilines is 1. The predicted molar refractivity (Wildman–Crippen MR) is 137 cm³/mol. The molecule has 5 aromatic rings. The van der Waals surface area contributed by atoms with Gasteiger partial charge in [-0.25, -0.2) is 9.97 Å². The number of hydrogen-bond donors (Lipinski definition) is 2. The van der Waals surface area contributed by atoms with Crippen molar-refractivity contribution in [3.05, 3.63) is 101 Å². The summed E-state index contributed by atoms with van der Waals surface area (Å²) in [5.41, 5.74) is 16.6. The van der Waals surface area contributed by atoms with Gasteiger partial charge in [-0.2, -0.15) is 0 Å². The molecule has 5 rings (SSSR count). The first-order valence-corrected chi connectivity index (χ1v) is 11.5. The molecule has 0 saturated carbocycles. The quantitative estimate of drug-likeness (QED) is 0.259. The molecule has 1 amide bonds. The highest BCUT2D eigenvalue weighted by molar-refractivity contribution is 6.09. The molecule has 0 bridgehead atoms. The van der Waals surface area contributed by atoms with Gasteiger partial charge < -0.3 is 16.0 Å². The second kappa shape index (κ2) is 9.38. The summed E-state index contributed by atoms with van der Waals surface area (Å²) in [6, 6.07) is 22.1. The number of carbonyl (C=O) groups excluding carboxylic acids is 2. The Kier molecular flexibility index (Phi) is 5.97. The Morgan fingerprint density at radius 1 is 0.886 bits per heavy atom. The molecular formula is C28H25N5O2. The maximum atomic E-state index is 12.9. The van der Waals surface area contributed by atoms with E-state index in [4.69, 9.17) is 11.5 Å². The Bertz CT molecular complexity index is 1560. The van der Waals surface area contributed by atoms with Gasteiger partial charge in [0.2, 0.25) is 5.91 Å². The normalized spacial score (nSPS) is 11.2. The number of pyridine rings is 1. The van der Waals surface area contributed by atoms with E-state index in [9.17, 15) is 9.59 Å². The van der Waals surface area contributed by atoms with E-state index in [1.165, 1.54) is 0 Å². The molecule has 0 unspecified atom stereocenters. The van der Waals surface area contributed by atoms with Gasteiger partial charge in [0.25, 0.3) is 0 Å². The molecule has 2 heterocycles. The van der Waals surface area contributed by atoms with E-state index >= 15 is 0 Å². The highest BCUT2D eigenvalue weighted by atomic mass is 16.1. The largest absolute Gasteiger partial charge is 0.382 e. The van der Waals surface area contributed by atoms with Crippen molar-refractivity contribution in [2.45, 2.75) is 25.8 Å². The summed E-state index contributed by atoms with van der Waals surface area (Å²) < 4.78 is 2.10. The molecule has 4 N–H and O–H groups in total. The minimum absolute atomic E-state index is 0.0779. The Labute approximate surface area is 202 Å². The van der Waals surface area contributed by atoms with Crippen molar-refractivity contribution in [1.29, 1.82) is 0 Å². The lowest BCUT2D eigenvalue weighted by Gasteiger charge is -2.11. The summed E-state index contributed by atoms with van der Waals surface area (Å²) in [4.78, 5) is 33.8. The number of nitrogens with zero attached hydrogens (tertiary/aromatic N) is 3. The number of nitrogens with two attached hydrogens (primary N) is 2. The first-order chi connectivity index (χ1) is 17.0. The van der Waals surface area contributed by atoms with Crippen LogP contribution < -0.4 is 11.5 Å². The molecule has 174 valence electrons. The third-order valence-electron chi connectivity index (χ3n) is 6.24. The second-order valence-electron chi connectivity index (χ2n) is 8.54. The summed E-state index contributed by atoms with van der Waals surface area (Å²) in [6.45, 7) is 0.735. The number of aryl methyl sites for hydroxylation is 2. The van der Waals surface area contributed by atoms with Crippen LogP contribution in [0.25, 0.3) is 21.9 Å². The molecule has 0 aliphatic carbocycles. The van der Waals surface area contributed by atoms with Gasteiger partial charge >= 0.3 is 0 Å². The van der Waals surface area contributed by atoms with E-state index in [0.717, 1.165) is 41.4 Å². The smallest absolute Gasteiger partial charge is 0.248 e. The number of primary amides is 1. The van der Waals surface area contributed by atoms with Crippen molar-refractivity contribution in [2.24, 2.45) is 5.73 Å². The van der Waals surface area contributed by atoms with Crippen molar-refractivity contribution in [3.63, 3.8) is 0 Å². The number of para-hydroxylation sites is 1. The fourth-order valence-electron chi connectivity index (χ4n) is 4.51. The van der Waals surface area contributed by atoms with E-state index < -0.39 is 5.91 Å². The number of amides is 1. The summed E-state index contributed by atoms with van der Waals surface area (Å²) in [5, 5.41) is 1.01. The topological polar surface area (TPSA) is 117 Å². The molecule has 3 aromatic carbocycles. The minimum atomic E-state index is -0.492. The maximum absolute atomic E-state index is 12.9. The van der Waals surface area contributed by atoms with E-state index in [2.05, 4.69) is 14.5 Å². The summed E-state index contributed by atoms with van der Waals surface area (Å²) >= 11 is 0. The Morgan fingerprint density at radius 3 is 2.46 bits per heavy atom. The van der Waals surface area contributed by atoms with Crippen LogP contribution in [0.15, 0.2) is 79.1 Å². The SMILES string of the molecule is NC(=O)c1ccc(C(=O)c2ccccc2)cc1CCCCn1cnc2c(N)nc3ccccc3c21. The Morgan fingerprint density at radius 2 is 1.66 bits per heavy atom. The van der Waals surface area contributed by atoms with Crippen LogP contribution in [0.3, 0.4) is 0 Å². The summed E-state index contributed by atoms with van der Waals surface area (Å²) in [5.74, 6) is -0.150. The van der Waals surface area contributed by atoms with Gasteiger partial charge in [-0.1, -0.05) is 54.6 Å². The van der Waals surface area contributed by atoms with Gasteiger partial charge in [0, 0.05) is 28.6 Å². The van der Waals surface area contributed by atoms with Crippen molar-refractivity contribution >= 4 is 39.4 Å². The van der Waals surface area contributed by atoms with E-state index in [1.807, 2.05) is 42.5 Å². The second-order valence-corrected chi connectivity index (χ2v) is 8.54. The van der Waals surface area contributed by atoms with Gasteiger partial charge in [0.1, 0.15) is 5.52 Å². The fraction of sp³-hybridized carbons (Fsp3) is 0.143. The number of carbonyl (C=O) groups is 2. The molecule has 0 saturated heterocycles. The monoisotopic (exact) mass is 463 g/mol. The van der Waals surface area contributed by atoms with Gasteiger partial charge in [-0.05, 0) is 43.0 Å². The van der Waals surface area contributed by atoms with Crippen molar-refractivity contribution in [3.8, 4) is 0 Å². The van der Waals surface area contributed by atoms with E-state index in [1.54, 1.807) is 36.7 Å². The zero-order valence-electron chi connectivity index (χ0n) is 19.1. The molecule has 0 spiro atoms. The van der Waals surface area contributed by atoms with Gasteiger partial charge in [0.15, 0.2) is 11.6 Å². The number of aromatic nitrogens is 3. The molecular weight excluding hydrogens is 438 g/mol. The predicted octanol–water partition coefficient (Wildman–Crippen LogP) is 4.52. The molecule has 0 atom stereocenters. The number of ketones is 1. The number of unbranched alkanes of at least 4 members (excludes halogenated alkanes) is 1. The van der Waals surface area contributed by atoms with Crippen LogP contribution in [0, 0.1) is 0 Å². The van der Waals surface area contributed by atoms with Crippen LogP contribution >= 0.6 is 0 Å². The summed E-state index contributed by atoms with van der Waals surface area (Å²) in [7, 11) is 0. The lowest BCUT2D eigenvalue weighted by atomic mass is 9.95. The number of imidazole rings is 1. The number of benzene rings is 3. The summed E-state index contributed by atoms with van der Waals surface area (Å²) in [6.07, 6.45) is 4.08. The van der Waals surface area contributed by atoms with Crippen LogP contribution in [0.5, 0.6) is 0 Å². The lowest BCUT2D eigenvalue weighted by molar-refractivity contribution is 0.0995. The van der Waals surface area contributed by atoms with Crippen molar-refractivity contribution in [2.75, 3.05) is 5.73 Å². The third-order valence-corrected chi connectivity index (χ3v) is 6.24. The zero-order chi connectivity index (χ0) is 24.4. The first kappa shape index (κ1) is 22.3. The average molecular weight is 464 g/mol. The lowest BCUT2D eigenvalue weighted by Crippen LogP contribution is -2.15. The van der Waals surface area contributed by atoms with Crippen LogP contribution in [0.2, 0.25) is 0 Å². The molecule has 0 aliphatic heterocycles. The van der Waals surface area contributed by atoms with E-state index in [-0.39, 0.29) is 5.78 Å². The fourth-order valence-corrected chi connectivity index (χ4v) is 4.51. The van der Waals surface area contributed by atoms with Crippen molar-refractivity contribution in [1.82, 2.24) is 14.5 Å². The van der Waals surface area contributed by atoms with Gasteiger partial charge in [0.05, 0.1) is 17.4 Å². The number of nitrogen functional groups attached to an aromatic ring is 1. The van der Waals surface area contributed by atoms with Crippen LogP contribution in [0.4, 0.5) is 5.82 Å². The highest BCUT2D eigenvalue weighted by Gasteiger charge is 2.15. The van der Waals surface area contributed by atoms with E-state index in [0.29, 0.717) is 34.4 Å². The standard InChI is InChI=1S/C28H25N5O2/c29-27-24-25(22-11-4-5-12-23(22)32-27)33(17-31-24)15-7-6-10-19-16-20(13-14-21(19)28(30)35)26(34)18-8-2-1-3-9-18/h1-5,8-9,11-14,16-17H,6-7,10,15H2,(H2,29,32)(H2,30,35). The van der Waals surface area contributed by atoms with Crippen LogP contribution in [0.1, 0.15) is 44.7 Å². The minimum Gasteiger partial charge on any atom is -0.382 e. The molecule has 0 fully saturated rings. The number of hydrogen-bond acceptors (Lipinski definition) is 5. The highest BCUT2D eigenvalue weighted by Crippen LogP contribution is 2.27. The molecule has 35 heavy (non-hydrogen) atoms. The molecule has 0 radical (unpaired) electrons. The molecule has 0 aliphatic rings.